The number of aryl methyl sites for hydroxylation is 2. The third-order valence-electron chi connectivity index (χ3n) is 6.45. The Bertz CT molecular complexity index is 1520. The highest BCUT2D eigenvalue weighted by Gasteiger charge is 2.30. The minimum atomic E-state index is -0.0184. The standard InChI is InChI=1S/C24H24N8OS/c1-31(11-14-9-28-32(2)12-14)24(33)15-3-5-18-20(8-15)34-23-21(18)22(25-13-26-23)29-17-4-6-19-16(7-17)10-27-30-19/h4,6-7,9-10,12-13,15H,3,5,8,11H2,1-2H3,(H,27,30)(H,25,26,29)/t15-/m0/s1. The van der Waals surface area contributed by atoms with Crippen LogP contribution in [0.2, 0.25) is 0 Å². The first-order valence-corrected chi connectivity index (χ1v) is 12.0. The molecule has 0 spiro atoms. The summed E-state index contributed by atoms with van der Waals surface area (Å²) in [5.41, 5.74) is 4.26. The van der Waals surface area contributed by atoms with E-state index < -0.39 is 0 Å². The van der Waals surface area contributed by atoms with Gasteiger partial charge in [-0.1, -0.05) is 0 Å². The lowest BCUT2D eigenvalue weighted by Gasteiger charge is -2.26. The number of amides is 1. The van der Waals surface area contributed by atoms with E-state index in [1.807, 2.05) is 49.7 Å². The van der Waals surface area contributed by atoms with E-state index in [4.69, 9.17) is 0 Å². The average Bonchev–Trinajstić information content (AvgIpc) is 3.56. The van der Waals surface area contributed by atoms with Crippen LogP contribution in [0.1, 0.15) is 22.4 Å². The van der Waals surface area contributed by atoms with Crippen LogP contribution >= 0.6 is 11.3 Å². The van der Waals surface area contributed by atoms with Crippen LogP contribution < -0.4 is 5.32 Å². The molecule has 1 aromatic carbocycles. The molecule has 4 aromatic heterocycles. The van der Waals surface area contributed by atoms with E-state index in [0.29, 0.717) is 6.54 Å². The van der Waals surface area contributed by atoms with Gasteiger partial charge in [0.05, 0.1) is 23.3 Å². The summed E-state index contributed by atoms with van der Waals surface area (Å²) >= 11 is 1.68. The Kier molecular flexibility index (Phi) is 5.02. The lowest BCUT2D eigenvalue weighted by molar-refractivity contribution is -0.135. The number of nitrogens with zero attached hydrogens (tertiary/aromatic N) is 6. The van der Waals surface area contributed by atoms with E-state index in [9.17, 15) is 4.79 Å². The molecule has 0 fully saturated rings. The Morgan fingerprint density at radius 1 is 1.32 bits per heavy atom. The molecule has 9 nitrogen and oxygen atoms in total. The largest absolute Gasteiger partial charge is 0.341 e. The molecule has 6 rings (SSSR count). The second kappa shape index (κ2) is 8.21. The van der Waals surface area contributed by atoms with Crippen LogP contribution in [0.25, 0.3) is 21.1 Å². The summed E-state index contributed by atoms with van der Waals surface area (Å²) in [6.07, 6.45) is 9.59. The SMILES string of the molecule is CN(Cc1cnn(C)c1)C(=O)[C@H]1CCc2c(sc3ncnc(Nc4ccc5[nH]ncc5c4)c23)C1. The van der Waals surface area contributed by atoms with Gasteiger partial charge in [0.25, 0.3) is 0 Å². The van der Waals surface area contributed by atoms with Crippen LogP contribution in [0.4, 0.5) is 11.5 Å². The fourth-order valence-corrected chi connectivity index (χ4v) is 6.06. The predicted molar refractivity (Wildman–Crippen MR) is 132 cm³/mol. The molecule has 0 unspecified atom stereocenters. The van der Waals surface area contributed by atoms with Gasteiger partial charge >= 0.3 is 0 Å². The van der Waals surface area contributed by atoms with Crippen molar-refractivity contribution in [1.29, 1.82) is 0 Å². The first-order chi connectivity index (χ1) is 16.5. The Morgan fingerprint density at radius 3 is 3.09 bits per heavy atom. The van der Waals surface area contributed by atoms with E-state index >= 15 is 0 Å². The number of hydrogen-bond donors (Lipinski definition) is 2. The summed E-state index contributed by atoms with van der Waals surface area (Å²) in [4.78, 5) is 26.3. The third-order valence-corrected chi connectivity index (χ3v) is 7.61. The lowest BCUT2D eigenvalue weighted by atomic mass is 9.87. The summed E-state index contributed by atoms with van der Waals surface area (Å²) in [5.74, 6) is 0.976. The van der Waals surface area contributed by atoms with Gasteiger partial charge in [-0.05, 0) is 43.0 Å². The zero-order chi connectivity index (χ0) is 23.2. The molecule has 0 saturated carbocycles. The van der Waals surface area contributed by atoms with Gasteiger partial charge in [0.1, 0.15) is 17.0 Å². The van der Waals surface area contributed by atoms with Crippen LogP contribution in [-0.4, -0.2) is 47.8 Å². The molecular formula is C24H24N8OS. The summed E-state index contributed by atoms with van der Waals surface area (Å²) in [7, 11) is 3.76. The lowest BCUT2D eigenvalue weighted by Crippen LogP contribution is -2.35. The van der Waals surface area contributed by atoms with Crippen molar-refractivity contribution < 1.29 is 4.79 Å². The number of aromatic nitrogens is 6. The van der Waals surface area contributed by atoms with Crippen LogP contribution in [0.15, 0.2) is 43.1 Å². The van der Waals surface area contributed by atoms with Gasteiger partial charge in [-0.2, -0.15) is 10.2 Å². The average molecular weight is 473 g/mol. The molecule has 5 aromatic rings. The van der Waals surface area contributed by atoms with Crippen LogP contribution in [0.5, 0.6) is 0 Å². The maximum absolute atomic E-state index is 13.2. The molecule has 2 N–H and O–H groups in total. The van der Waals surface area contributed by atoms with Gasteiger partial charge in [-0.25, -0.2) is 9.97 Å². The van der Waals surface area contributed by atoms with Crippen LogP contribution in [0, 0.1) is 5.92 Å². The van der Waals surface area contributed by atoms with Crippen molar-refractivity contribution in [2.45, 2.75) is 25.8 Å². The molecule has 0 bridgehead atoms. The third kappa shape index (κ3) is 3.69. The van der Waals surface area contributed by atoms with Gasteiger partial charge in [0.15, 0.2) is 0 Å². The van der Waals surface area contributed by atoms with Crippen molar-refractivity contribution in [2.24, 2.45) is 13.0 Å². The van der Waals surface area contributed by atoms with Crippen molar-refractivity contribution in [3.8, 4) is 0 Å². The Balaban J connectivity index is 1.24. The van der Waals surface area contributed by atoms with E-state index in [1.54, 1.807) is 22.3 Å². The van der Waals surface area contributed by atoms with E-state index in [0.717, 1.165) is 57.5 Å². The molecule has 0 aliphatic heterocycles. The second-order valence-corrected chi connectivity index (χ2v) is 9.94. The number of benzene rings is 1. The number of H-pyrrole nitrogens is 1. The monoisotopic (exact) mass is 472 g/mol. The van der Waals surface area contributed by atoms with Crippen molar-refractivity contribution in [3.63, 3.8) is 0 Å². The topological polar surface area (TPSA) is 105 Å². The molecule has 1 aliphatic rings. The summed E-state index contributed by atoms with van der Waals surface area (Å²) in [6.45, 7) is 0.572. The second-order valence-electron chi connectivity index (χ2n) is 8.86. The van der Waals surface area contributed by atoms with Crippen LogP contribution in [0.3, 0.4) is 0 Å². The highest BCUT2D eigenvalue weighted by atomic mass is 32.1. The number of carbonyl (C=O) groups excluding carboxylic acids is 1. The quantitative estimate of drug-likeness (QED) is 0.403. The van der Waals surface area contributed by atoms with Crippen molar-refractivity contribution in [2.75, 3.05) is 12.4 Å². The number of carbonyl (C=O) groups is 1. The number of fused-ring (bicyclic) bond motifs is 4. The van der Waals surface area contributed by atoms with Crippen molar-refractivity contribution in [3.05, 3.63) is 59.1 Å². The first-order valence-electron chi connectivity index (χ1n) is 11.2. The van der Waals surface area contributed by atoms with Gasteiger partial charge < -0.3 is 10.2 Å². The number of anilines is 2. The molecule has 1 amide bonds. The van der Waals surface area contributed by atoms with E-state index in [1.165, 1.54) is 10.4 Å². The molecule has 1 aliphatic carbocycles. The molecular weight excluding hydrogens is 448 g/mol. The maximum Gasteiger partial charge on any atom is 0.226 e. The highest BCUT2D eigenvalue weighted by molar-refractivity contribution is 7.19. The highest BCUT2D eigenvalue weighted by Crippen LogP contribution is 2.41. The van der Waals surface area contributed by atoms with Gasteiger partial charge in [0.2, 0.25) is 5.91 Å². The normalized spacial score (nSPS) is 15.5. The number of hydrogen-bond acceptors (Lipinski definition) is 7. The fraction of sp³-hybridized carbons (Fsp3) is 0.292. The molecule has 0 radical (unpaired) electrons. The molecule has 10 heteroatoms. The first kappa shape index (κ1) is 20.8. The minimum Gasteiger partial charge on any atom is -0.341 e. The van der Waals surface area contributed by atoms with E-state index in [-0.39, 0.29) is 11.8 Å². The Morgan fingerprint density at radius 2 is 2.24 bits per heavy atom. The van der Waals surface area contributed by atoms with E-state index in [2.05, 4.69) is 36.6 Å². The van der Waals surface area contributed by atoms with Gasteiger partial charge in [-0.15, -0.1) is 11.3 Å². The zero-order valence-electron chi connectivity index (χ0n) is 18.9. The number of aromatic amines is 1. The molecule has 1 atom stereocenters. The van der Waals surface area contributed by atoms with Crippen molar-refractivity contribution >= 4 is 49.9 Å². The molecule has 34 heavy (non-hydrogen) atoms. The van der Waals surface area contributed by atoms with Crippen LogP contribution in [-0.2, 0) is 31.2 Å². The number of thiophene rings is 1. The minimum absolute atomic E-state index is 0.0184. The molecule has 4 heterocycles. The number of rotatable bonds is 5. The summed E-state index contributed by atoms with van der Waals surface area (Å²) < 4.78 is 1.76. The predicted octanol–water partition coefficient (Wildman–Crippen LogP) is 3.81. The fourth-order valence-electron chi connectivity index (χ4n) is 4.79. The zero-order valence-corrected chi connectivity index (χ0v) is 19.8. The van der Waals surface area contributed by atoms with Gasteiger partial charge in [0, 0.05) is 54.3 Å². The van der Waals surface area contributed by atoms with Crippen molar-refractivity contribution in [1.82, 2.24) is 34.8 Å². The molecule has 172 valence electrons. The Labute approximate surface area is 199 Å². The summed E-state index contributed by atoms with van der Waals surface area (Å²) in [5, 5.41) is 16.9. The molecule has 0 saturated heterocycles. The number of nitrogens with one attached hydrogen (secondary N) is 2. The summed E-state index contributed by atoms with van der Waals surface area (Å²) in [6, 6.07) is 6.07. The smallest absolute Gasteiger partial charge is 0.226 e. The van der Waals surface area contributed by atoms with Gasteiger partial charge in [-0.3, -0.25) is 14.6 Å². The Hall–Kier alpha value is -3.79. The maximum atomic E-state index is 13.2.